The van der Waals surface area contributed by atoms with Crippen molar-refractivity contribution in [2.45, 2.75) is 6.54 Å². The molecule has 0 atom stereocenters. The first-order chi connectivity index (χ1) is 14.5. The zero-order valence-electron chi connectivity index (χ0n) is 15.5. The fourth-order valence-corrected chi connectivity index (χ4v) is 3.10. The summed E-state index contributed by atoms with van der Waals surface area (Å²) in [6.07, 6.45) is 8.23. The van der Waals surface area contributed by atoms with Gasteiger partial charge in [0.05, 0.1) is 11.3 Å². The van der Waals surface area contributed by atoms with E-state index in [4.69, 9.17) is 16.0 Å². The summed E-state index contributed by atoms with van der Waals surface area (Å²) in [6, 6.07) is 14.6. The van der Waals surface area contributed by atoms with Gasteiger partial charge in [-0.15, -0.1) is 0 Å². The van der Waals surface area contributed by atoms with Crippen molar-refractivity contribution in [1.29, 1.82) is 0 Å². The minimum atomic E-state index is -0.647. The molecular weight excluding hydrogens is 408 g/mol. The zero-order valence-corrected chi connectivity index (χ0v) is 16.3. The maximum atomic E-state index is 12.4. The minimum absolute atomic E-state index is 0.0416. The Morgan fingerprint density at radius 3 is 2.57 bits per heavy atom. The molecule has 0 bridgehead atoms. The Labute approximate surface area is 175 Å². The van der Waals surface area contributed by atoms with E-state index in [2.05, 4.69) is 5.10 Å². The summed E-state index contributed by atoms with van der Waals surface area (Å²) in [7, 11) is 0. The maximum Gasteiger partial charge on any atom is 0.408 e. The van der Waals surface area contributed by atoms with Crippen LogP contribution in [-0.2, 0) is 6.54 Å². The molecule has 4 rings (SSSR count). The summed E-state index contributed by atoms with van der Waals surface area (Å²) in [6.45, 7) is 0.177. The zero-order chi connectivity index (χ0) is 21.1. The van der Waals surface area contributed by atoms with Crippen LogP contribution in [0.2, 0.25) is 5.02 Å². The van der Waals surface area contributed by atoms with E-state index < -0.39 is 10.7 Å². The Morgan fingerprint density at radius 2 is 1.90 bits per heavy atom. The monoisotopic (exact) mass is 422 g/mol. The molecule has 0 aliphatic carbocycles. The third-order valence-corrected chi connectivity index (χ3v) is 4.59. The molecule has 0 unspecified atom stereocenters. The topological polar surface area (TPSA) is 96.1 Å². The number of benzene rings is 1. The van der Waals surface area contributed by atoms with Gasteiger partial charge in [-0.1, -0.05) is 11.6 Å². The molecule has 30 heavy (non-hydrogen) atoms. The number of rotatable bonds is 7. The van der Waals surface area contributed by atoms with Crippen molar-refractivity contribution in [1.82, 2.24) is 14.3 Å². The molecule has 0 aliphatic heterocycles. The van der Waals surface area contributed by atoms with E-state index in [1.807, 2.05) is 41.2 Å². The van der Waals surface area contributed by atoms with Gasteiger partial charge in [0.15, 0.2) is 10.8 Å². The molecule has 8 nitrogen and oxygen atoms in total. The van der Waals surface area contributed by atoms with Gasteiger partial charge in [0.2, 0.25) is 0 Å². The van der Waals surface area contributed by atoms with E-state index in [-0.39, 0.29) is 17.4 Å². The third kappa shape index (κ3) is 4.23. The number of allylic oxidation sites excluding steroid dienone is 1. The molecule has 0 N–H and O–H groups in total. The second-order valence-corrected chi connectivity index (χ2v) is 6.80. The van der Waals surface area contributed by atoms with Crippen LogP contribution in [0.5, 0.6) is 0 Å². The van der Waals surface area contributed by atoms with Gasteiger partial charge in [-0.2, -0.15) is 4.68 Å². The number of nitro groups is 1. The van der Waals surface area contributed by atoms with E-state index in [1.54, 1.807) is 30.3 Å². The highest BCUT2D eigenvalue weighted by molar-refractivity contribution is 6.32. The largest absolute Gasteiger partial charge is 0.460 e. The predicted molar refractivity (Wildman–Crippen MR) is 111 cm³/mol. The van der Waals surface area contributed by atoms with Crippen LogP contribution >= 0.6 is 11.6 Å². The molecule has 3 aromatic heterocycles. The standard InChI is InChI=1S/C21H15ClN4O4/c22-19-14-25(23-21(19)26(28)29)13-18-8-7-17(30-18)9-10-20(27)15-3-5-16(6-4-15)24-11-1-2-12-24/h1-12,14H,13H2/b10-9+. The van der Waals surface area contributed by atoms with E-state index in [0.29, 0.717) is 17.1 Å². The summed E-state index contributed by atoms with van der Waals surface area (Å²) in [5, 5.41) is 14.6. The van der Waals surface area contributed by atoms with Crippen molar-refractivity contribution >= 4 is 29.3 Å². The highest BCUT2D eigenvalue weighted by Crippen LogP contribution is 2.22. The van der Waals surface area contributed by atoms with Crippen LogP contribution in [0.25, 0.3) is 11.8 Å². The van der Waals surface area contributed by atoms with Crippen LogP contribution in [-0.4, -0.2) is 25.1 Å². The van der Waals surface area contributed by atoms with Crippen molar-refractivity contribution in [2.75, 3.05) is 0 Å². The average molecular weight is 423 g/mol. The number of hydrogen-bond donors (Lipinski definition) is 0. The lowest BCUT2D eigenvalue weighted by Gasteiger charge is -2.03. The quantitative estimate of drug-likeness (QED) is 0.185. The number of hydrogen-bond acceptors (Lipinski definition) is 5. The molecule has 0 aliphatic rings. The molecular formula is C21H15ClN4O4. The Balaban J connectivity index is 1.41. The Kier molecular flexibility index (Phi) is 5.32. The average Bonchev–Trinajstić information content (AvgIpc) is 3.48. The number of carbonyl (C=O) groups is 1. The van der Waals surface area contributed by atoms with Crippen molar-refractivity contribution in [2.24, 2.45) is 0 Å². The molecule has 0 spiro atoms. The van der Waals surface area contributed by atoms with Gasteiger partial charge in [-0.3, -0.25) is 4.79 Å². The van der Waals surface area contributed by atoms with Crippen LogP contribution in [0.15, 0.2) is 77.6 Å². The number of ketones is 1. The molecule has 9 heteroatoms. The van der Waals surface area contributed by atoms with Crippen molar-refractivity contribution in [3.8, 4) is 5.69 Å². The molecule has 0 fully saturated rings. The fourth-order valence-electron chi connectivity index (χ4n) is 2.88. The second-order valence-electron chi connectivity index (χ2n) is 6.39. The summed E-state index contributed by atoms with van der Waals surface area (Å²) in [5.41, 5.74) is 1.53. The molecule has 1 aromatic carbocycles. The van der Waals surface area contributed by atoms with E-state index >= 15 is 0 Å². The number of aromatic nitrogens is 3. The Bertz CT molecular complexity index is 1220. The van der Waals surface area contributed by atoms with Crippen LogP contribution in [0.4, 0.5) is 5.82 Å². The number of furan rings is 1. The van der Waals surface area contributed by atoms with Crippen molar-refractivity contribution in [3.63, 3.8) is 0 Å². The highest BCUT2D eigenvalue weighted by Gasteiger charge is 2.19. The molecule has 0 radical (unpaired) electrons. The molecule has 150 valence electrons. The summed E-state index contributed by atoms with van der Waals surface area (Å²) in [5.74, 6) is 0.445. The first-order valence-corrected chi connectivity index (χ1v) is 9.29. The van der Waals surface area contributed by atoms with Gasteiger partial charge < -0.3 is 19.1 Å². The van der Waals surface area contributed by atoms with Crippen LogP contribution in [0.1, 0.15) is 21.9 Å². The fraction of sp³-hybridized carbons (Fsp3) is 0.0476. The molecule has 0 saturated heterocycles. The smallest absolute Gasteiger partial charge is 0.408 e. The normalized spacial score (nSPS) is 11.2. The van der Waals surface area contributed by atoms with Gasteiger partial charge in [0.1, 0.15) is 18.1 Å². The van der Waals surface area contributed by atoms with Gasteiger partial charge in [-0.05, 0) is 65.6 Å². The Morgan fingerprint density at radius 1 is 1.17 bits per heavy atom. The van der Waals surface area contributed by atoms with Crippen LogP contribution in [0, 0.1) is 10.1 Å². The van der Waals surface area contributed by atoms with E-state index in [9.17, 15) is 14.9 Å². The Hall–Kier alpha value is -3.91. The lowest BCUT2D eigenvalue weighted by atomic mass is 10.1. The summed E-state index contributed by atoms with van der Waals surface area (Å²) < 4.78 is 8.91. The lowest BCUT2D eigenvalue weighted by molar-refractivity contribution is -0.389. The van der Waals surface area contributed by atoms with Gasteiger partial charge in [0.25, 0.3) is 0 Å². The predicted octanol–water partition coefficient (Wildman–Crippen LogP) is 4.77. The minimum Gasteiger partial charge on any atom is -0.460 e. The van der Waals surface area contributed by atoms with Crippen molar-refractivity contribution < 1.29 is 14.1 Å². The SMILES string of the molecule is O=C(/C=C/c1ccc(Cn2cc(Cl)c([N+](=O)[O-])n2)o1)c1ccc(-n2cccc2)cc1. The highest BCUT2D eigenvalue weighted by atomic mass is 35.5. The van der Waals surface area contributed by atoms with E-state index in [1.165, 1.54) is 17.0 Å². The molecule has 0 saturated carbocycles. The van der Waals surface area contributed by atoms with Crippen LogP contribution in [0.3, 0.4) is 0 Å². The first-order valence-electron chi connectivity index (χ1n) is 8.91. The molecule has 3 heterocycles. The van der Waals surface area contributed by atoms with Crippen molar-refractivity contribution in [3.05, 3.63) is 105 Å². The van der Waals surface area contributed by atoms with Crippen LogP contribution < -0.4 is 0 Å². The first kappa shape index (κ1) is 19.4. The number of carbonyl (C=O) groups excluding carboxylic acids is 1. The number of nitrogens with zero attached hydrogens (tertiary/aromatic N) is 4. The van der Waals surface area contributed by atoms with E-state index in [0.717, 1.165) is 5.69 Å². The molecule has 4 aromatic rings. The third-order valence-electron chi connectivity index (χ3n) is 4.33. The number of halogens is 1. The lowest BCUT2D eigenvalue weighted by Crippen LogP contribution is -2.00. The summed E-state index contributed by atoms with van der Waals surface area (Å²) >= 11 is 5.79. The second kappa shape index (κ2) is 8.22. The van der Waals surface area contributed by atoms with Gasteiger partial charge in [-0.25, -0.2) is 0 Å². The van der Waals surface area contributed by atoms with Gasteiger partial charge >= 0.3 is 5.82 Å². The maximum absolute atomic E-state index is 12.4. The summed E-state index contributed by atoms with van der Waals surface area (Å²) in [4.78, 5) is 22.6. The molecule has 0 amide bonds. The van der Waals surface area contributed by atoms with Gasteiger partial charge in [0, 0.05) is 23.6 Å².